The van der Waals surface area contributed by atoms with Crippen molar-refractivity contribution in [2.75, 3.05) is 4.90 Å². The summed E-state index contributed by atoms with van der Waals surface area (Å²) in [6.45, 7) is 3.38. The van der Waals surface area contributed by atoms with Crippen molar-refractivity contribution in [3.8, 4) is 0 Å². The van der Waals surface area contributed by atoms with Crippen molar-refractivity contribution in [2.24, 2.45) is 17.2 Å². The first-order chi connectivity index (χ1) is 11.5. The lowest BCUT2D eigenvalue weighted by Gasteiger charge is -2.23. The highest BCUT2D eigenvalue weighted by Crippen LogP contribution is 2.31. The minimum atomic E-state index is -1.32. The van der Waals surface area contributed by atoms with Crippen LogP contribution in [0.25, 0.3) is 0 Å². The molecule has 1 fully saturated rings. The molecule has 11 heteroatoms. The highest BCUT2D eigenvalue weighted by atomic mass is 35.5. The molecule has 1 saturated heterocycles. The van der Waals surface area contributed by atoms with Gasteiger partial charge in [-0.05, 0) is 32.0 Å². The molecule has 136 valence electrons. The van der Waals surface area contributed by atoms with Gasteiger partial charge in [0, 0.05) is 16.1 Å². The van der Waals surface area contributed by atoms with Crippen LogP contribution in [-0.4, -0.2) is 40.9 Å². The third-order valence-electron chi connectivity index (χ3n) is 3.08. The third-order valence-corrected chi connectivity index (χ3v) is 3.51. The third kappa shape index (κ3) is 4.74. The van der Waals surface area contributed by atoms with Gasteiger partial charge in [0.05, 0.1) is 5.69 Å². The van der Waals surface area contributed by atoms with Crippen LogP contribution >= 0.6 is 23.2 Å². The van der Waals surface area contributed by atoms with Gasteiger partial charge >= 0.3 is 12.1 Å². The molecule has 1 aromatic rings. The predicted octanol–water partition coefficient (Wildman–Crippen LogP) is 1.05. The summed E-state index contributed by atoms with van der Waals surface area (Å²) in [5, 5.41) is 0.549. The normalized spacial score (nSPS) is 16.8. The van der Waals surface area contributed by atoms with Crippen LogP contribution in [0.2, 0.25) is 10.0 Å². The monoisotopic (exact) mass is 389 g/mol. The molecule has 0 saturated carbocycles. The first kappa shape index (κ1) is 20.5. The average Bonchev–Trinajstić information content (AvgIpc) is 2.68. The molecule has 0 bridgehead atoms. The zero-order chi connectivity index (χ0) is 19.5. The van der Waals surface area contributed by atoms with E-state index in [0.717, 1.165) is 9.80 Å². The van der Waals surface area contributed by atoms with Gasteiger partial charge in [0.25, 0.3) is 5.91 Å². The van der Waals surface area contributed by atoms with Gasteiger partial charge in [-0.15, -0.1) is 0 Å². The Labute approximate surface area is 153 Å². The second-order valence-corrected chi connectivity index (χ2v) is 6.17. The molecule has 1 atom stereocenters. The number of benzene rings is 1. The lowest BCUT2D eigenvalue weighted by Crippen LogP contribution is -2.48. The van der Waals surface area contributed by atoms with E-state index in [1.54, 1.807) is 13.8 Å². The Morgan fingerprint density at radius 1 is 1.04 bits per heavy atom. The zero-order valence-corrected chi connectivity index (χ0v) is 14.9. The van der Waals surface area contributed by atoms with Gasteiger partial charge in [0.15, 0.2) is 6.04 Å². The van der Waals surface area contributed by atoms with E-state index >= 15 is 0 Å². The number of halogens is 2. The van der Waals surface area contributed by atoms with Gasteiger partial charge in [-0.2, -0.15) is 0 Å². The molecule has 6 N–H and O–H groups in total. The molecular formula is C14H17Cl2N5O4. The summed E-state index contributed by atoms with van der Waals surface area (Å²) in [4.78, 5) is 47.3. The highest BCUT2D eigenvalue weighted by Gasteiger charge is 2.50. The average molecular weight is 390 g/mol. The molecule has 9 nitrogen and oxygen atoms in total. The number of carbonyl (C=O) groups is 4. The first-order valence-corrected chi connectivity index (χ1v) is 7.69. The molecule has 0 aromatic heterocycles. The van der Waals surface area contributed by atoms with Crippen molar-refractivity contribution in [3.05, 3.63) is 28.2 Å². The van der Waals surface area contributed by atoms with Crippen LogP contribution in [0.15, 0.2) is 18.2 Å². The number of primary amides is 3. The zero-order valence-electron chi connectivity index (χ0n) is 13.4. The molecule has 1 unspecified atom stereocenters. The fraction of sp³-hybridized carbons (Fsp3) is 0.286. The van der Waals surface area contributed by atoms with Gasteiger partial charge in [-0.3, -0.25) is 9.59 Å². The van der Waals surface area contributed by atoms with Crippen molar-refractivity contribution in [1.29, 1.82) is 0 Å². The molecule has 0 spiro atoms. The minimum absolute atomic E-state index is 0.205. The fourth-order valence-corrected chi connectivity index (χ4v) is 2.76. The second kappa shape index (κ2) is 8.04. The lowest BCUT2D eigenvalue weighted by atomic mass is 10.2. The van der Waals surface area contributed by atoms with E-state index in [1.165, 1.54) is 18.2 Å². The Balaban J connectivity index is 0.000000705. The number of urea groups is 2. The first-order valence-electron chi connectivity index (χ1n) is 6.94. The number of rotatable bonds is 3. The van der Waals surface area contributed by atoms with E-state index in [4.69, 9.17) is 33.7 Å². The Bertz CT molecular complexity index is 701. The molecule has 0 aliphatic carbocycles. The van der Waals surface area contributed by atoms with Gasteiger partial charge in [0.1, 0.15) is 0 Å². The quantitative estimate of drug-likeness (QED) is 0.521. The Kier molecular flexibility index (Phi) is 6.60. The molecule has 0 radical (unpaired) electrons. The number of anilines is 1. The summed E-state index contributed by atoms with van der Waals surface area (Å²) < 4.78 is 0. The van der Waals surface area contributed by atoms with E-state index < -0.39 is 29.9 Å². The van der Waals surface area contributed by atoms with Crippen LogP contribution in [0.3, 0.4) is 0 Å². The number of nitrogens with two attached hydrogens (primary N) is 3. The highest BCUT2D eigenvalue weighted by molar-refractivity contribution is 6.36. The van der Waals surface area contributed by atoms with Crippen LogP contribution < -0.4 is 22.1 Å². The molecule has 6 amide bonds. The van der Waals surface area contributed by atoms with Gasteiger partial charge in [-0.1, -0.05) is 23.2 Å². The maximum Gasteiger partial charge on any atom is 0.332 e. The van der Waals surface area contributed by atoms with Crippen molar-refractivity contribution >= 4 is 52.8 Å². The van der Waals surface area contributed by atoms with Crippen molar-refractivity contribution in [2.45, 2.75) is 25.9 Å². The molecule has 1 aliphatic heterocycles. The summed E-state index contributed by atoms with van der Waals surface area (Å²) in [6.07, 6.45) is 0. The number of imide groups is 1. The van der Waals surface area contributed by atoms with Gasteiger partial charge in [-0.25, -0.2) is 14.5 Å². The molecule has 1 heterocycles. The number of carbonyl (C=O) groups excluding carboxylic acids is 4. The van der Waals surface area contributed by atoms with Gasteiger partial charge < -0.3 is 22.1 Å². The van der Waals surface area contributed by atoms with E-state index in [9.17, 15) is 14.4 Å². The van der Waals surface area contributed by atoms with E-state index in [2.05, 4.69) is 11.5 Å². The second-order valence-electron chi connectivity index (χ2n) is 5.29. The molecule has 1 aromatic carbocycles. The summed E-state index contributed by atoms with van der Waals surface area (Å²) in [6, 6.07) is 1.17. The minimum Gasteiger partial charge on any atom is -0.367 e. The lowest BCUT2D eigenvalue weighted by molar-refractivity contribution is -0.130. The topological polar surface area (TPSA) is 153 Å². The summed E-state index contributed by atoms with van der Waals surface area (Å²) in [5.41, 5.74) is 14.0. The molecule has 25 heavy (non-hydrogen) atoms. The predicted molar refractivity (Wildman–Crippen MR) is 93.1 cm³/mol. The van der Waals surface area contributed by atoms with Crippen LogP contribution in [0.5, 0.6) is 0 Å². The number of nitrogens with zero attached hydrogens (tertiary/aromatic N) is 2. The largest absolute Gasteiger partial charge is 0.367 e. The van der Waals surface area contributed by atoms with E-state index in [1.807, 2.05) is 0 Å². The van der Waals surface area contributed by atoms with Crippen LogP contribution in [0.4, 0.5) is 15.3 Å². The number of hydrogen-bond acceptors (Lipinski definition) is 4. The van der Waals surface area contributed by atoms with Crippen LogP contribution in [0, 0.1) is 0 Å². The van der Waals surface area contributed by atoms with E-state index in [0.29, 0.717) is 0 Å². The van der Waals surface area contributed by atoms with Crippen molar-refractivity contribution < 1.29 is 19.2 Å². The van der Waals surface area contributed by atoms with Crippen molar-refractivity contribution in [3.63, 3.8) is 0 Å². The standard InChI is InChI=1S/C13H13Cl2N3O3.CH4N2O/c1-6(2)17-10(11(16)19)12(20)18(13(17)21)9-4-7(14)3-8(15)5-9;2-1(3)4/h3-6,10H,1-2H3,(H2,16,19);(H4,2,3,4). The maximum atomic E-state index is 12.4. The summed E-state index contributed by atoms with van der Waals surface area (Å²) in [7, 11) is 0. The van der Waals surface area contributed by atoms with Gasteiger partial charge in [0.2, 0.25) is 5.91 Å². The summed E-state index contributed by atoms with van der Waals surface area (Å²) in [5.74, 6) is -1.59. The van der Waals surface area contributed by atoms with E-state index in [-0.39, 0.29) is 21.8 Å². The van der Waals surface area contributed by atoms with Crippen LogP contribution in [-0.2, 0) is 9.59 Å². The molecule has 1 aliphatic rings. The smallest absolute Gasteiger partial charge is 0.332 e. The summed E-state index contributed by atoms with van der Waals surface area (Å²) >= 11 is 11.8. The maximum absolute atomic E-state index is 12.4. The number of hydrogen-bond donors (Lipinski definition) is 3. The Hall–Kier alpha value is -2.52. The SMILES string of the molecule is CC(C)N1C(=O)N(c2cc(Cl)cc(Cl)c2)C(=O)C1C(N)=O.NC(N)=O. The fourth-order valence-electron chi connectivity index (χ4n) is 2.25. The Morgan fingerprint density at radius 2 is 1.48 bits per heavy atom. The molecule has 2 rings (SSSR count). The number of amides is 6. The Morgan fingerprint density at radius 3 is 1.80 bits per heavy atom. The molecular weight excluding hydrogens is 373 g/mol. The van der Waals surface area contributed by atoms with Crippen LogP contribution in [0.1, 0.15) is 13.8 Å². The van der Waals surface area contributed by atoms with Crippen molar-refractivity contribution in [1.82, 2.24) is 4.90 Å².